The van der Waals surface area contributed by atoms with Crippen molar-refractivity contribution in [3.63, 3.8) is 0 Å². The first kappa shape index (κ1) is 10.5. The predicted molar refractivity (Wildman–Crippen MR) is 14.3 cm³/mol. The third kappa shape index (κ3) is 50.4. The first-order chi connectivity index (χ1) is 2.00. The van der Waals surface area contributed by atoms with Gasteiger partial charge in [0.2, 0.25) is 0 Å². The minimum absolute atomic E-state index is 0. The molecule has 0 spiro atoms. The van der Waals surface area contributed by atoms with Gasteiger partial charge in [-0.15, -0.1) is 0 Å². The third-order valence-corrected chi connectivity index (χ3v) is 0. The molecule has 1 radical (unpaired) electrons. The Bertz CT molecular complexity index is 53.7. The van der Waals surface area contributed by atoms with Crippen LogP contribution in [0.15, 0.2) is 0 Å². The Morgan fingerprint density at radius 3 is 1.17 bits per heavy atom. The Balaban J connectivity index is 0. The second-order valence-electron chi connectivity index (χ2n) is 0.513. The summed E-state index contributed by atoms with van der Waals surface area (Å²) in [5, 5.41) is 0. The van der Waals surface area contributed by atoms with E-state index in [0.29, 0.717) is 0 Å². The molecule has 0 saturated carbocycles. The summed E-state index contributed by atoms with van der Waals surface area (Å²) >= 11 is 0. The van der Waals surface area contributed by atoms with Crippen LogP contribution in [0.3, 0.4) is 0 Å². The summed E-state index contributed by atoms with van der Waals surface area (Å²) in [6.45, 7) is 0. The molecule has 0 amide bonds. The molecular weight excluding hydrogens is 236 g/mol. The number of hydrogen-bond acceptors (Lipinski definition) is 1. The number of phosphoric acid groups is 1. The van der Waals surface area contributed by atoms with E-state index in [-0.39, 0.29) is 41.3 Å². The zero-order valence-corrected chi connectivity index (χ0v) is 7.37. The Morgan fingerprint density at radius 2 is 1.17 bits per heavy atom. The summed E-state index contributed by atoms with van der Waals surface area (Å²) in [5.74, 6) is 0. The maximum Gasteiger partial charge on any atom is 0.466 e. The van der Waals surface area contributed by atoms with Gasteiger partial charge in [0.1, 0.15) is 0 Å². The molecule has 0 aromatic carbocycles. The van der Waals surface area contributed by atoms with Gasteiger partial charge in [-0.2, -0.15) is 0 Å². The van der Waals surface area contributed by atoms with E-state index in [9.17, 15) is 0 Å². The zero-order chi connectivity index (χ0) is 4.50. The quantitative estimate of drug-likeness (QED) is 0.477. The van der Waals surface area contributed by atoms with Gasteiger partial charge in [-0.3, -0.25) is 0 Å². The fraction of sp³-hybridized carbons (Fsp3) is 0. The number of rotatable bonds is 0. The normalized spacial score (nSPS) is 9.83. The van der Waals surface area contributed by atoms with Crippen LogP contribution < -0.4 is 0 Å². The summed E-state index contributed by atoms with van der Waals surface area (Å²) in [5.41, 5.74) is 0. The van der Waals surface area contributed by atoms with Gasteiger partial charge in [0, 0.05) is 41.3 Å². The van der Waals surface area contributed by atoms with E-state index < -0.39 is 7.82 Å². The van der Waals surface area contributed by atoms with Crippen molar-refractivity contribution in [2.75, 3.05) is 0 Å². The van der Waals surface area contributed by atoms with E-state index in [4.69, 9.17) is 19.2 Å². The standard InChI is InChI=1S/H3O4P.Pr/c1-5(2,3)4;/h(H3,1,2,3,4);. The van der Waals surface area contributed by atoms with E-state index in [1.165, 1.54) is 0 Å². The predicted octanol–water partition coefficient (Wildman–Crippen LogP) is -0.929. The molecule has 35 valence electrons. The van der Waals surface area contributed by atoms with Gasteiger partial charge >= 0.3 is 7.82 Å². The van der Waals surface area contributed by atoms with Crippen LogP contribution in [0, 0.1) is 41.3 Å². The zero-order valence-electron chi connectivity index (χ0n) is 2.77. The van der Waals surface area contributed by atoms with Crippen molar-refractivity contribution in [3.05, 3.63) is 0 Å². The van der Waals surface area contributed by atoms with Crippen molar-refractivity contribution in [2.24, 2.45) is 0 Å². The van der Waals surface area contributed by atoms with Gasteiger partial charge < -0.3 is 14.7 Å². The Labute approximate surface area is 67.8 Å². The van der Waals surface area contributed by atoms with Crippen molar-refractivity contribution >= 4 is 7.82 Å². The second kappa shape index (κ2) is 3.47. The maximum atomic E-state index is 8.88. The topological polar surface area (TPSA) is 77.8 Å². The molecule has 6 heteroatoms. The van der Waals surface area contributed by atoms with Gasteiger partial charge in [-0.1, -0.05) is 0 Å². The van der Waals surface area contributed by atoms with Crippen molar-refractivity contribution in [2.45, 2.75) is 0 Å². The third-order valence-electron chi connectivity index (χ3n) is 0. The Morgan fingerprint density at radius 1 is 1.17 bits per heavy atom. The van der Waals surface area contributed by atoms with Crippen LogP contribution >= 0.6 is 7.82 Å². The van der Waals surface area contributed by atoms with E-state index in [1.807, 2.05) is 0 Å². The minimum atomic E-state index is -4.64. The van der Waals surface area contributed by atoms with Crippen LogP contribution in [-0.4, -0.2) is 14.7 Å². The first-order valence-electron chi connectivity index (χ1n) is 0.783. The minimum Gasteiger partial charge on any atom is -0.303 e. The van der Waals surface area contributed by atoms with Gasteiger partial charge in [-0.05, 0) is 0 Å². The van der Waals surface area contributed by atoms with Crippen LogP contribution in [0.25, 0.3) is 0 Å². The summed E-state index contributed by atoms with van der Waals surface area (Å²) in [6.07, 6.45) is 0. The van der Waals surface area contributed by atoms with E-state index >= 15 is 0 Å². The molecule has 4 nitrogen and oxygen atoms in total. The molecule has 0 atom stereocenters. The molecule has 0 aliphatic heterocycles. The van der Waals surface area contributed by atoms with Gasteiger partial charge in [0.15, 0.2) is 0 Å². The second-order valence-corrected chi connectivity index (χ2v) is 1.54. The summed E-state index contributed by atoms with van der Waals surface area (Å²) in [7, 11) is -4.64. The van der Waals surface area contributed by atoms with E-state index in [1.54, 1.807) is 0 Å². The fourth-order valence-electron chi connectivity index (χ4n) is 0. The SMILES string of the molecule is O=P(O)(O)O.[Pr]. The van der Waals surface area contributed by atoms with E-state index in [2.05, 4.69) is 0 Å². The average Bonchev–Trinajstić information content (AvgIpc) is 0.722. The van der Waals surface area contributed by atoms with Crippen LogP contribution in [0.4, 0.5) is 0 Å². The van der Waals surface area contributed by atoms with Crippen LogP contribution in [0.1, 0.15) is 0 Å². The van der Waals surface area contributed by atoms with Crippen molar-refractivity contribution < 1.29 is 60.5 Å². The van der Waals surface area contributed by atoms with Crippen molar-refractivity contribution in [3.8, 4) is 0 Å². The van der Waals surface area contributed by atoms with Crippen LogP contribution in [0.2, 0.25) is 0 Å². The van der Waals surface area contributed by atoms with Crippen LogP contribution in [0.5, 0.6) is 0 Å². The number of hydrogen-bond donors (Lipinski definition) is 3. The molecule has 3 N–H and O–H groups in total. The fourth-order valence-corrected chi connectivity index (χ4v) is 0. The molecule has 0 aromatic heterocycles. The summed E-state index contributed by atoms with van der Waals surface area (Å²) < 4.78 is 8.88. The maximum absolute atomic E-state index is 8.88. The van der Waals surface area contributed by atoms with Gasteiger partial charge in [-0.25, -0.2) is 4.57 Å². The van der Waals surface area contributed by atoms with Gasteiger partial charge in [0.25, 0.3) is 0 Å². The molecular formula is H3O4PPr. The monoisotopic (exact) mass is 239 g/mol. The van der Waals surface area contributed by atoms with Crippen LogP contribution in [-0.2, 0) is 4.57 Å². The Hall–Kier alpha value is 1.47. The smallest absolute Gasteiger partial charge is 0.303 e. The molecule has 0 heterocycles. The molecule has 0 rings (SSSR count). The van der Waals surface area contributed by atoms with Crippen molar-refractivity contribution in [1.29, 1.82) is 0 Å². The summed E-state index contributed by atoms with van der Waals surface area (Å²) in [4.78, 5) is 21.6. The first-order valence-corrected chi connectivity index (χ1v) is 2.35. The Kier molecular flexibility index (Phi) is 6.05. The summed E-state index contributed by atoms with van der Waals surface area (Å²) in [6, 6.07) is 0. The molecule has 6 heavy (non-hydrogen) atoms. The van der Waals surface area contributed by atoms with Crippen molar-refractivity contribution in [1.82, 2.24) is 0 Å². The molecule has 0 aliphatic carbocycles. The molecule has 0 aliphatic rings. The van der Waals surface area contributed by atoms with E-state index in [0.717, 1.165) is 0 Å². The average molecular weight is 239 g/mol. The molecule has 0 bridgehead atoms. The molecule has 0 unspecified atom stereocenters. The largest absolute Gasteiger partial charge is 0.466 e. The molecule has 0 saturated heterocycles. The van der Waals surface area contributed by atoms with Gasteiger partial charge in [0.05, 0.1) is 0 Å². The molecule has 0 aromatic rings. The molecule has 0 fully saturated rings.